The highest BCUT2D eigenvalue weighted by atomic mass is 31.2. The highest BCUT2D eigenvalue weighted by molar-refractivity contribution is 7.47. The fourth-order valence-electron chi connectivity index (χ4n) is 7.85. The van der Waals surface area contributed by atoms with E-state index in [1.807, 2.05) is 21.1 Å². The molecule has 0 rings (SSSR count). The van der Waals surface area contributed by atoms with E-state index in [0.29, 0.717) is 24.1 Å². The lowest BCUT2D eigenvalue weighted by Crippen LogP contribution is -2.37. The summed E-state index contributed by atoms with van der Waals surface area (Å²) in [7, 11) is 1.69. The van der Waals surface area contributed by atoms with Gasteiger partial charge >= 0.3 is 13.8 Å². The Bertz CT molecular complexity index is 930. The molecule has 0 aromatic rings. The number of ether oxygens (including phenoxy) is 2. The zero-order valence-corrected chi connectivity index (χ0v) is 41.9. The minimum absolute atomic E-state index is 0.0941. The normalized spacial score (nSPS) is 13.5. The van der Waals surface area contributed by atoms with Gasteiger partial charge in [0.05, 0.1) is 34.4 Å². The molecule has 0 aliphatic rings. The smallest absolute Gasteiger partial charge is 0.457 e. The first-order valence-corrected chi connectivity index (χ1v) is 27.8. The fraction of sp³-hybridized carbons (Fsp3) is 0.980. The van der Waals surface area contributed by atoms with Crippen LogP contribution in [0.25, 0.3) is 0 Å². The van der Waals surface area contributed by atoms with Crippen molar-refractivity contribution in [1.29, 1.82) is 0 Å². The molecular formula is C51H105NO7P+. The highest BCUT2D eigenvalue weighted by Gasteiger charge is 2.26. The molecule has 0 amide bonds. The summed E-state index contributed by atoms with van der Waals surface area (Å²) in [5, 5.41) is 0. The van der Waals surface area contributed by atoms with Gasteiger partial charge in [-0.05, 0) is 12.8 Å². The second-order valence-corrected chi connectivity index (χ2v) is 20.7. The van der Waals surface area contributed by atoms with Crippen molar-refractivity contribution in [1.82, 2.24) is 0 Å². The summed E-state index contributed by atoms with van der Waals surface area (Å²) in [5.41, 5.74) is 0. The van der Waals surface area contributed by atoms with Crippen molar-refractivity contribution >= 4 is 13.8 Å². The Morgan fingerprint density at radius 1 is 0.450 bits per heavy atom. The molecule has 0 bridgehead atoms. The number of nitrogens with zero attached hydrogens (tertiary/aromatic N) is 1. The van der Waals surface area contributed by atoms with E-state index in [2.05, 4.69) is 13.8 Å². The molecule has 0 aliphatic carbocycles. The molecule has 8 nitrogen and oxygen atoms in total. The minimum Gasteiger partial charge on any atom is -0.457 e. The first kappa shape index (κ1) is 59.5. The Balaban J connectivity index is 3.99. The Hall–Kier alpha value is -0.500. The van der Waals surface area contributed by atoms with Crippen LogP contribution in [-0.4, -0.2) is 75.6 Å². The zero-order valence-electron chi connectivity index (χ0n) is 41.0. The number of esters is 1. The molecule has 9 heteroatoms. The van der Waals surface area contributed by atoms with Crippen molar-refractivity contribution in [3.63, 3.8) is 0 Å². The third-order valence-electron chi connectivity index (χ3n) is 11.9. The van der Waals surface area contributed by atoms with Crippen molar-refractivity contribution in [2.75, 3.05) is 54.1 Å². The number of phosphoric acid groups is 1. The van der Waals surface area contributed by atoms with E-state index in [0.717, 1.165) is 32.1 Å². The summed E-state index contributed by atoms with van der Waals surface area (Å²) in [4.78, 5) is 23.0. The van der Waals surface area contributed by atoms with Gasteiger partial charge in [-0.2, -0.15) is 0 Å². The van der Waals surface area contributed by atoms with Crippen LogP contribution >= 0.6 is 7.82 Å². The lowest BCUT2D eigenvalue weighted by atomic mass is 10.0. The molecular weight excluding hydrogens is 770 g/mol. The molecule has 2 unspecified atom stereocenters. The van der Waals surface area contributed by atoms with Crippen LogP contribution < -0.4 is 0 Å². The van der Waals surface area contributed by atoms with Crippen LogP contribution in [0.5, 0.6) is 0 Å². The van der Waals surface area contributed by atoms with Crippen molar-refractivity contribution in [2.45, 2.75) is 270 Å². The predicted octanol–water partition coefficient (Wildman–Crippen LogP) is 16.0. The Labute approximate surface area is 374 Å². The predicted molar refractivity (Wildman–Crippen MR) is 257 cm³/mol. The average molecular weight is 875 g/mol. The van der Waals surface area contributed by atoms with E-state index in [-0.39, 0.29) is 25.8 Å². The van der Waals surface area contributed by atoms with Gasteiger partial charge in [0.25, 0.3) is 0 Å². The maximum atomic E-state index is 12.8. The number of carbonyl (C=O) groups is 1. The number of quaternary nitrogens is 1. The molecule has 0 aromatic carbocycles. The van der Waals surface area contributed by atoms with Crippen molar-refractivity contribution in [2.24, 2.45) is 0 Å². The Morgan fingerprint density at radius 2 is 0.767 bits per heavy atom. The van der Waals surface area contributed by atoms with E-state index < -0.39 is 13.9 Å². The van der Waals surface area contributed by atoms with Gasteiger partial charge < -0.3 is 18.9 Å². The van der Waals surface area contributed by atoms with E-state index >= 15 is 0 Å². The van der Waals surface area contributed by atoms with Gasteiger partial charge in [0.15, 0.2) is 0 Å². The Morgan fingerprint density at radius 3 is 1.10 bits per heavy atom. The molecule has 360 valence electrons. The maximum absolute atomic E-state index is 12.8. The Kier molecular flexibility index (Phi) is 44.7. The van der Waals surface area contributed by atoms with Gasteiger partial charge in [0, 0.05) is 13.0 Å². The van der Waals surface area contributed by atoms with Crippen LogP contribution in [0.2, 0.25) is 0 Å². The summed E-state index contributed by atoms with van der Waals surface area (Å²) in [5.74, 6) is -0.305. The molecule has 2 atom stereocenters. The number of phosphoric ester groups is 1. The van der Waals surface area contributed by atoms with Gasteiger partial charge in [-0.1, -0.05) is 245 Å². The second-order valence-electron chi connectivity index (χ2n) is 19.3. The second kappa shape index (κ2) is 45.1. The van der Waals surface area contributed by atoms with Crippen molar-refractivity contribution in [3.8, 4) is 0 Å². The van der Waals surface area contributed by atoms with Crippen molar-refractivity contribution < 1.29 is 37.3 Å². The standard InChI is InChI=1S/C51H104NO7P/c1-6-8-10-12-14-16-18-20-21-22-23-24-25-26-27-28-29-30-31-32-34-36-38-40-42-44-51(53)59-50(49-58-60(54,55)57-47-45-52(3,4)5)48-56-46-43-41-39-37-35-33-19-17-15-13-11-9-7-2/h50H,6-49H2,1-5H3/p+1. The van der Waals surface area contributed by atoms with Gasteiger partial charge in [-0.3, -0.25) is 13.8 Å². The molecule has 0 aliphatic heterocycles. The summed E-state index contributed by atoms with van der Waals surface area (Å²) >= 11 is 0. The quantitative estimate of drug-likeness (QED) is 0.0282. The van der Waals surface area contributed by atoms with Crippen LogP contribution in [0.1, 0.15) is 264 Å². The van der Waals surface area contributed by atoms with Gasteiger partial charge in [-0.15, -0.1) is 0 Å². The molecule has 0 radical (unpaired) electrons. The minimum atomic E-state index is -4.27. The van der Waals surface area contributed by atoms with Gasteiger partial charge in [0.2, 0.25) is 0 Å². The van der Waals surface area contributed by atoms with Crippen LogP contribution in [0.4, 0.5) is 0 Å². The lowest BCUT2D eigenvalue weighted by molar-refractivity contribution is -0.870. The molecule has 60 heavy (non-hydrogen) atoms. The third kappa shape index (κ3) is 48.5. The SMILES string of the molecule is CCCCCCCCCCCCCCCCCCCCCCCCCCCC(=O)OC(COCCCCCCCCCCCCCCC)COP(=O)(O)OCC[N+](C)(C)C. The lowest BCUT2D eigenvalue weighted by Gasteiger charge is -2.24. The molecule has 0 aromatic heterocycles. The maximum Gasteiger partial charge on any atom is 0.472 e. The summed E-state index contributed by atoms with van der Waals surface area (Å²) in [6.07, 6.45) is 50.1. The molecule has 1 N–H and O–H groups in total. The fourth-order valence-corrected chi connectivity index (χ4v) is 8.59. The first-order chi connectivity index (χ1) is 29.1. The molecule has 0 saturated heterocycles. The number of hydrogen-bond donors (Lipinski definition) is 1. The van der Waals surface area contributed by atoms with Crippen molar-refractivity contribution in [3.05, 3.63) is 0 Å². The van der Waals surface area contributed by atoms with E-state index in [4.69, 9.17) is 18.5 Å². The van der Waals surface area contributed by atoms with E-state index in [1.54, 1.807) is 0 Å². The summed E-state index contributed by atoms with van der Waals surface area (Å²) in [6.45, 7) is 5.70. The number of unbranched alkanes of at least 4 members (excludes halogenated alkanes) is 36. The van der Waals surface area contributed by atoms with Crippen LogP contribution in [-0.2, 0) is 27.9 Å². The van der Waals surface area contributed by atoms with Gasteiger partial charge in [0.1, 0.15) is 19.3 Å². The van der Waals surface area contributed by atoms with Crippen LogP contribution in [0, 0.1) is 0 Å². The number of likely N-dealkylation sites (N-methyl/N-ethyl adjacent to an activating group) is 1. The summed E-state index contributed by atoms with van der Waals surface area (Å²) < 4.78 is 35.1. The zero-order chi connectivity index (χ0) is 44.1. The topological polar surface area (TPSA) is 91.3 Å². The third-order valence-corrected chi connectivity index (χ3v) is 12.9. The summed E-state index contributed by atoms with van der Waals surface area (Å²) in [6, 6.07) is 0. The van der Waals surface area contributed by atoms with Crippen LogP contribution in [0.3, 0.4) is 0 Å². The van der Waals surface area contributed by atoms with E-state index in [1.165, 1.54) is 212 Å². The average Bonchev–Trinajstić information content (AvgIpc) is 3.20. The molecule has 0 spiro atoms. The molecule has 0 fully saturated rings. The number of rotatable bonds is 50. The number of carbonyl (C=O) groups excluding carboxylic acids is 1. The first-order valence-electron chi connectivity index (χ1n) is 26.3. The van der Waals surface area contributed by atoms with Gasteiger partial charge in [-0.25, -0.2) is 4.57 Å². The molecule has 0 heterocycles. The molecule has 0 saturated carbocycles. The monoisotopic (exact) mass is 875 g/mol. The van der Waals surface area contributed by atoms with Crippen LogP contribution in [0.15, 0.2) is 0 Å². The largest absolute Gasteiger partial charge is 0.472 e. The van der Waals surface area contributed by atoms with E-state index in [9.17, 15) is 14.3 Å². The highest BCUT2D eigenvalue weighted by Crippen LogP contribution is 2.43. The number of hydrogen-bond acceptors (Lipinski definition) is 6.